The van der Waals surface area contributed by atoms with Crippen LogP contribution in [0.4, 0.5) is 10.3 Å². The Morgan fingerprint density at radius 1 is 1.09 bits per heavy atom. The number of nitrogens with zero attached hydrogens (tertiary/aromatic N) is 3. The Balaban J connectivity index is 1.83. The minimum absolute atomic E-state index is 0.178. The van der Waals surface area contributed by atoms with E-state index < -0.39 is 0 Å². The van der Waals surface area contributed by atoms with Crippen molar-refractivity contribution in [1.29, 1.82) is 0 Å². The quantitative estimate of drug-likeness (QED) is 0.763. The Hall–Kier alpha value is -3.15. The number of fused-ring (bicyclic) bond motifs is 1. The van der Waals surface area contributed by atoms with Crippen LogP contribution in [-0.2, 0) is 0 Å². The summed E-state index contributed by atoms with van der Waals surface area (Å²) in [7, 11) is 0. The average molecular weight is 308 g/mol. The highest BCUT2D eigenvalue weighted by molar-refractivity contribution is 5.79. The van der Waals surface area contributed by atoms with Gasteiger partial charge in [0.15, 0.2) is 0 Å². The molecular weight excluding hydrogens is 295 g/mol. The maximum absolute atomic E-state index is 13.2. The summed E-state index contributed by atoms with van der Waals surface area (Å²) in [6, 6.07) is 13.1. The number of rotatable bonds is 2. The van der Waals surface area contributed by atoms with E-state index in [0.717, 1.165) is 11.3 Å². The molecule has 5 nitrogen and oxygen atoms in total. The third-order valence-corrected chi connectivity index (χ3v) is 3.81. The molecule has 2 aromatic carbocycles. The maximum atomic E-state index is 13.2. The van der Waals surface area contributed by atoms with Crippen LogP contribution in [-0.4, -0.2) is 19.9 Å². The van der Waals surface area contributed by atoms with Crippen molar-refractivity contribution < 1.29 is 9.50 Å². The van der Waals surface area contributed by atoms with Crippen LogP contribution in [0.25, 0.3) is 5.70 Å². The zero-order valence-electron chi connectivity index (χ0n) is 12.0. The lowest BCUT2D eigenvalue weighted by Gasteiger charge is -2.24. The minimum Gasteiger partial charge on any atom is -0.507 e. The summed E-state index contributed by atoms with van der Waals surface area (Å²) in [5.41, 5.74) is 2.29. The van der Waals surface area contributed by atoms with Crippen molar-refractivity contribution in [2.45, 2.75) is 6.04 Å². The van der Waals surface area contributed by atoms with Crippen LogP contribution < -0.4 is 5.32 Å². The van der Waals surface area contributed by atoms with Crippen molar-refractivity contribution in [3.8, 4) is 5.75 Å². The number of phenolic OH excluding ortho intramolecular Hbond substituents is 1. The van der Waals surface area contributed by atoms with Gasteiger partial charge in [0.2, 0.25) is 5.95 Å². The van der Waals surface area contributed by atoms with Gasteiger partial charge in [-0.15, -0.1) is 0 Å². The molecule has 0 saturated carbocycles. The predicted molar refractivity (Wildman–Crippen MR) is 84.3 cm³/mol. The fourth-order valence-corrected chi connectivity index (χ4v) is 2.69. The Morgan fingerprint density at radius 2 is 1.87 bits per heavy atom. The van der Waals surface area contributed by atoms with E-state index in [-0.39, 0.29) is 17.6 Å². The number of nitrogens with one attached hydrogen (secondary N) is 1. The molecular formula is C17H13FN4O. The van der Waals surface area contributed by atoms with E-state index in [0.29, 0.717) is 11.5 Å². The number of phenols is 1. The number of para-hydroxylation sites is 1. The molecule has 2 N–H and O–H groups in total. The third-order valence-electron chi connectivity index (χ3n) is 3.81. The van der Waals surface area contributed by atoms with E-state index in [2.05, 4.69) is 15.4 Å². The van der Waals surface area contributed by atoms with Crippen molar-refractivity contribution in [2.24, 2.45) is 0 Å². The van der Waals surface area contributed by atoms with Crippen molar-refractivity contribution in [3.63, 3.8) is 0 Å². The predicted octanol–water partition coefficient (Wildman–Crippen LogP) is 3.18. The Labute approximate surface area is 131 Å². The van der Waals surface area contributed by atoms with Gasteiger partial charge in [0.1, 0.15) is 23.9 Å². The zero-order chi connectivity index (χ0) is 15.8. The Kier molecular flexibility index (Phi) is 3.08. The topological polar surface area (TPSA) is 63.0 Å². The standard InChI is InChI=1S/C17H13FN4O/c18-12-7-5-11(6-8-12)15-9-14(13-3-1-2-4-16(13)23)21-17-19-10-20-22(15)17/h1-10,15,23H,(H,19,20,21). The van der Waals surface area contributed by atoms with Crippen molar-refractivity contribution in [2.75, 3.05) is 5.32 Å². The van der Waals surface area contributed by atoms with Crippen molar-refractivity contribution in [1.82, 2.24) is 14.8 Å². The molecule has 1 atom stereocenters. The number of aromatic nitrogens is 3. The van der Waals surface area contributed by atoms with Gasteiger partial charge in [-0.05, 0) is 35.9 Å². The summed E-state index contributed by atoms with van der Waals surface area (Å²) in [6.45, 7) is 0. The molecule has 4 rings (SSSR count). The lowest BCUT2D eigenvalue weighted by Crippen LogP contribution is -2.20. The van der Waals surface area contributed by atoms with Gasteiger partial charge in [-0.2, -0.15) is 10.1 Å². The van der Waals surface area contributed by atoms with E-state index in [4.69, 9.17) is 0 Å². The van der Waals surface area contributed by atoms with Crippen LogP contribution >= 0.6 is 0 Å². The monoisotopic (exact) mass is 308 g/mol. The van der Waals surface area contributed by atoms with Gasteiger partial charge in [-0.25, -0.2) is 9.07 Å². The van der Waals surface area contributed by atoms with Gasteiger partial charge >= 0.3 is 0 Å². The summed E-state index contributed by atoms with van der Waals surface area (Å²) in [5, 5.41) is 17.5. The molecule has 1 unspecified atom stereocenters. The van der Waals surface area contributed by atoms with Crippen LogP contribution in [0.5, 0.6) is 5.75 Å². The number of hydrogen-bond donors (Lipinski definition) is 2. The third kappa shape index (κ3) is 2.34. The summed E-state index contributed by atoms with van der Waals surface area (Å²) < 4.78 is 14.9. The van der Waals surface area contributed by atoms with Gasteiger partial charge in [0, 0.05) is 5.56 Å². The number of aromatic hydroxyl groups is 1. The largest absolute Gasteiger partial charge is 0.507 e. The first-order valence-electron chi connectivity index (χ1n) is 7.14. The van der Waals surface area contributed by atoms with Gasteiger partial charge in [-0.1, -0.05) is 24.3 Å². The molecule has 114 valence electrons. The van der Waals surface area contributed by atoms with Crippen LogP contribution in [0, 0.1) is 5.82 Å². The molecule has 6 heteroatoms. The molecule has 23 heavy (non-hydrogen) atoms. The summed E-state index contributed by atoms with van der Waals surface area (Å²) in [5.74, 6) is 0.462. The van der Waals surface area contributed by atoms with E-state index in [1.807, 2.05) is 18.2 Å². The van der Waals surface area contributed by atoms with Crippen LogP contribution in [0.3, 0.4) is 0 Å². The van der Waals surface area contributed by atoms with Crippen LogP contribution in [0.1, 0.15) is 17.2 Å². The molecule has 0 aliphatic carbocycles. The smallest absolute Gasteiger partial charge is 0.226 e. The number of halogens is 1. The first-order chi connectivity index (χ1) is 11.2. The first-order valence-corrected chi connectivity index (χ1v) is 7.14. The first kappa shape index (κ1) is 13.5. The number of allylic oxidation sites excluding steroid dienone is 1. The molecule has 3 aromatic rings. The second-order valence-corrected chi connectivity index (χ2v) is 5.25. The highest BCUT2D eigenvalue weighted by Crippen LogP contribution is 2.34. The molecule has 0 radical (unpaired) electrons. The molecule has 0 spiro atoms. The number of benzene rings is 2. The molecule has 0 fully saturated rings. The number of hydrogen-bond acceptors (Lipinski definition) is 4. The Morgan fingerprint density at radius 3 is 2.65 bits per heavy atom. The minimum atomic E-state index is -0.286. The normalized spacial score (nSPS) is 16.4. The summed E-state index contributed by atoms with van der Waals surface area (Å²) in [4.78, 5) is 4.20. The van der Waals surface area contributed by atoms with Gasteiger partial charge in [0.05, 0.1) is 5.70 Å². The fraction of sp³-hybridized carbons (Fsp3) is 0.0588. The molecule has 1 aliphatic rings. The second-order valence-electron chi connectivity index (χ2n) is 5.25. The average Bonchev–Trinajstić information content (AvgIpc) is 3.04. The molecule has 1 aromatic heterocycles. The Bertz CT molecular complexity index is 886. The number of anilines is 1. The van der Waals surface area contributed by atoms with Crippen molar-refractivity contribution in [3.05, 3.63) is 77.9 Å². The molecule has 0 amide bonds. The SMILES string of the molecule is Oc1ccccc1C1=CC(c2ccc(F)cc2)n2ncnc2N1. The summed E-state index contributed by atoms with van der Waals surface area (Å²) in [6.07, 6.45) is 3.39. The molecule has 0 bridgehead atoms. The summed E-state index contributed by atoms with van der Waals surface area (Å²) >= 11 is 0. The zero-order valence-corrected chi connectivity index (χ0v) is 12.0. The highest BCUT2D eigenvalue weighted by Gasteiger charge is 2.24. The molecule has 0 saturated heterocycles. The van der Waals surface area contributed by atoms with Crippen LogP contribution in [0.2, 0.25) is 0 Å². The maximum Gasteiger partial charge on any atom is 0.226 e. The van der Waals surface area contributed by atoms with Crippen molar-refractivity contribution >= 4 is 11.6 Å². The van der Waals surface area contributed by atoms with Gasteiger partial charge in [-0.3, -0.25) is 0 Å². The lowest BCUT2D eigenvalue weighted by atomic mass is 10.0. The van der Waals surface area contributed by atoms with E-state index in [1.54, 1.807) is 28.9 Å². The van der Waals surface area contributed by atoms with E-state index in [9.17, 15) is 9.50 Å². The van der Waals surface area contributed by atoms with Crippen LogP contribution in [0.15, 0.2) is 60.9 Å². The molecule has 2 heterocycles. The molecule has 1 aliphatic heterocycles. The van der Waals surface area contributed by atoms with Gasteiger partial charge < -0.3 is 10.4 Å². The van der Waals surface area contributed by atoms with E-state index >= 15 is 0 Å². The van der Waals surface area contributed by atoms with E-state index in [1.165, 1.54) is 18.5 Å². The highest BCUT2D eigenvalue weighted by atomic mass is 19.1. The lowest BCUT2D eigenvalue weighted by molar-refractivity contribution is 0.473. The fourth-order valence-electron chi connectivity index (χ4n) is 2.69. The second kappa shape index (κ2) is 5.24. The van der Waals surface area contributed by atoms with Gasteiger partial charge in [0.25, 0.3) is 0 Å².